The van der Waals surface area contributed by atoms with Crippen molar-refractivity contribution in [3.8, 4) is 5.75 Å². The van der Waals surface area contributed by atoms with Crippen LogP contribution in [-0.2, 0) is 6.54 Å². The lowest BCUT2D eigenvalue weighted by atomic mass is 9.99. The molecule has 0 bridgehead atoms. The standard InChI is InChI=1S/C12H18ClNO/c1-8-5-9(2)11(6-14-7-13)12(15-4)10(8)3/h5,14H,6-7H2,1-4H3. The van der Waals surface area contributed by atoms with Gasteiger partial charge in [-0.2, -0.15) is 0 Å². The van der Waals surface area contributed by atoms with Gasteiger partial charge in [0.2, 0.25) is 0 Å². The molecule has 0 amide bonds. The van der Waals surface area contributed by atoms with E-state index in [0.717, 1.165) is 12.3 Å². The predicted octanol–water partition coefficient (Wildman–Crippen LogP) is 2.91. The molecule has 1 aromatic rings. The fourth-order valence-electron chi connectivity index (χ4n) is 1.77. The molecule has 0 spiro atoms. The summed E-state index contributed by atoms with van der Waals surface area (Å²) in [5.74, 6) is 0.977. The number of ether oxygens (including phenoxy) is 1. The summed E-state index contributed by atoms with van der Waals surface area (Å²) in [7, 11) is 1.71. The number of benzene rings is 1. The van der Waals surface area contributed by atoms with E-state index >= 15 is 0 Å². The molecule has 0 atom stereocenters. The zero-order valence-corrected chi connectivity index (χ0v) is 10.5. The van der Waals surface area contributed by atoms with Crippen molar-refractivity contribution in [3.05, 3.63) is 28.3 Å². The van der Waals surface area contributed by atoms with Gasteiger partial charge in [-0.05, 0) is 37.5 Å². The van der Waals surface area contributed by atoms with E-state index in [9.17, 15) is 0 Å². The van der Waals surface area contributed by atoms with Crippen LogP contribution >= 0.6 is 11.6 Å². The van der Waals surface area contributed by atoms with Crippen molar-refractivity contribution in [2.45, 2.75) is 27.3 Å². The molecule has 0 aliphatic heterocycles. The van der Waals surface area contributed by atoms with Crippen LogP contribution in [-0.4, -0.2) is 13.1 Å². The Morgan fingerprint density at radius 3 is 2.47 bits per heavy atom. The quantitative estimate of drug-likeness (QED) is 0.631. The van der Waals surface area contributed by atoms with E-state index in [1.54, 1.807) is 7.11 Å². The lowest BCUT2D eigenvalue weighted by Crippen LogP contribution is -2.13. The van der Waals surface area contributed by atoms with E-state index in [1.807, 2.05) is 0 Å². The second kappa shape index (κ2) is 5.38. The van der Waals surface area contributed by atoms with Crippen molar-refractivity contribution in [2.24, 2.45) is 0 Å². The Morgan fingerprint density at radius 2 is 1.93 bits per heavy atom. The monoisotopic (exact) mass is 227 g/mol. The van der Waals surface area contributed by atoms with Gasteiger partial charge in [0.05, 0.1) is 13.1 Å². The molecule has 15 heavy (non-hydrogen) atoms. The Labute approximate surface area is 96.6 Å². The van der Waals surface area contributed by atoms with Crippen LogP contribution in [0.5, 0.6) is 5.75 Å². The van der Waals surface area contributed by atoms with Crippen molar-refractivity contribution in [2.75, 3.05) is 13.1 Å². The second-order valence-corrected chi connectivity index (χ2v) is 3.97. The summed E-state index contributed by atoms with van der Waals surface area (Å²) in [6.07, 6.45) is 0. The minimum atomic E-state index is 0.454. The Balaban J connectivity index is 3.16. The van der Waals surface area contributed by atoms with Crippen LogP contribution in [0, 0.1) is 20.8 Å². The van der Waals surface area contributed by atoms with E-state index in [1.165, 1.54) is 22.3 Å². The SMILES string of the molecule is COc1c(C)c(C)cc(C)c1CNCCl. The second-order valence-electron chi connectivity index (χ2n) is 3.71. The third kappa shape index (κ3) is 2.64. The Hall–Kier alpha value is -0.730. The number of nitrogens with one attached hydrogen (secondary N) is 1. The summed E-state index contributed by atoms with van der Waals surface area (Å²) >= 11 is 5.62. The minimum Gasteiger partial charge on any atom is -0.496 e. The summed E-state index contributed by atoms with van der Waals surface area (Å²) in [5, 5.41) is 3.11. The van der Waals surface area contributed by atoms with Gasteiger partial charge in [0.1, 0.15) is 5.75 Å². The van der Waals surface area contributed by atoms with E-state index in [2.05, 4.69) is 32.2 Å². The highest BCUT2D eigenvalue weighted by molar-refractivity contribution is 6.17. The van der Waals surface area contributed by atoms with Crippen molar-refractivity contribution in [1.82, 2.24) is 5.32 Å². The summed E-state index contributed by atoms with van der Waals surface area (Å²) < 4.78 is 5.45. The van der Waals surface area contributed by atoms with Crippen LogP contribution in [0.1, 0.15) is 22.3 Å². The van der Waals surface area contributed by atoms with Gasteiger partial charge in [-0.25, -0.2) is 0 Å². The maximum Gasteiger partial charge on any atom is 0.126 e. The van der Waals surface area contributed by atoms with Gasteiger partial charge in [-0.3, -0.25) is 5.32 Å². The molecular weight excluding hydrogens is 210 g/mol. The van der Waals surface area contributed by atoms with Crippen molar-refractivity contribution < 1.29 is 4.74 Å². The molecule has 0 unspecified atom stereocenters. The Bertz CT molecular complexity index is 350. The van der Waals surface area contributed by atoms with Gasteiger partial charge < -0.3 is 4.74 Å². The molecule has 0 aliphatic rings. The van der Waals surface area contributed by atoms with E-state index in [-0.39, 0.29) is 0 Å². The highest BCUT2D eigenvalue weighted by Gasteiger charge is 2.11. The first-order chi connectivity index (χ1) is 7.11. The molecule has 2 nitrogen and oxygen atoms in total. The number of halogens is 1. The molecule has 1 rings (SSSR count). The van der Waals surface area contributed by atoms with E-state index in [0.29, 0.717) is 6.00 Å². The maximum absolute atomic E-state index is 5.62. The number of hydrogen-bond donors (Lipinski definition) is 1. The average molecular weight is 228 g/mol. The third-order valence-electron chi connectivity index (χ3n) is 2.72. The Morgan fingerprint density at radius 1 is 1.27 bits per heavy atom. The topological polar surface area (TPSA) is 21.3 Å². The predicted molar refractivity (Wildman–Crippen MR) is 64.8 cm³/mol. The first kappa shape index (κ1) is 12.3. The molecule has 3 heteroatoms. The fourth-order valence-corrected chi connectivity index (χ4v) is 1.87. The molecule has 84 valence electrons. The van der Waals surface area contributed by atoms with Crippen LogP contribution in [0.2, 0.25) is 0 Å². The van der Waals surface area contributed by atoms with E-state index in [4.69, 9.17) is 16.3 Å². The summed E-state index contributed by atoms with van der Waals surface area (Å²) in [4.78, 5) is 0. The zero-order chi connectivity index (χ0) is 11.4. The minimum absolute atomic E-state index is 0.454. The first-order valence-electron chi connectivity index (χ1n) is 5.02. The maximum atomic E-state index is 5.62. The van der Waals surface area contributed by atoms with Gasteiger partial charge in [0.15, 0.2) is 0 Å². The van der Waals surface area contributed by atoms with Crippen molar-refractivity contribution >= 4 is 11.6 Å². The summed E-state index contributed by atoms with van der Waals surface area (Å²) in [5.41, 5.74) is 4.90. The van der Waals surface area contributed by atoms with Crippen LogP contribution in [0.15, 0.2) is 6.07 Å². The average Bonchev–Trinajstić information content (AvgIpc) is 2.21. The summed E-state index contributed by atoms with van der Waals surface area (Å²) in [6, 6.07) is 2.64. The molecule has 0 aromatic heterocycles. The molecule has 0 fully saturated rings. The molecule has 0 aliphatic carbocycles. The summed E-state index contributed by atoms with van der Waals surface area (Å²) in [6.45, 7) is 7.03. The van der Waals surface area contributed by atoms with E-state index < -0.39 is 0 Å². The van der Waals surface area contributed by atoms with Crippen LogP contribution in [0.4, 0.5) is 0 Å². The molecule has 1 N–H and O–H groups in total. The highest BCUT2D eigenvalue weighted by Crippen LogP contribution is 2.29. The lowest BCUT2D eigenvalue weighted by Gasteiger charge is -2.16. The third-order valence-corrected chi connectivity index (χ3v) is 2.90. The van der Waals surface area contributed by atoms with Gasteiger partial charge >= 0.3 is 0 Å². The van der Waals surface area contributed by atoms with Gasteiger partial charge in [-0.15, -0.1) is 11.6 Å². The molecule has 0 heterocycles. The van der Waals surface area contributed by atoms with Gasteiger partial charge in [0, 0.05) is 12.1 Å². The lowest BCUT2D eigenvalue weighted by molar-refractivity contribution is 0.404. The first-order valence-corrected chi connectivity index (χ1v) is 5.55. The highest BCUT2D eigenvalue weighted by atomic mass is 35.5. The zero-order valence-electron chi connectivity index (χ0n) is 9.78. The molecule has 1 aromatic carbocycles. The molecule has 0 radical (unpaired) electrons. The van der Waals surface area contributed by atoms with Crippen LogP contribution in [0.25, 0.3) is 0 Å². The van der Waals surface area contributed by atoms with Crippen molar-refractivity contribution in [1.29, 1.82) is 0 Å². The number of hydrogen-bond acceptors (Lipinski definition) is 2. The smallest absolute Gasteiger partial charge is 0.126 e. The largest absolute Gasteiger partial charge is 0.496 e. The molecule has 0 saturated heterocycles. The van der Waals surface area contributed by atoms with Crippen molar-refractivity contribution in [3.63, 3.8) is 0 Å². The molecule has 0 saturated carbocycles. The number of aryl methyl sites for hydroxylation is 2. The normalized spacial score (nSPS) is 10.5. The van der Waals surface area contributed by atoms with Crippen LogP contribution in [0.3, 0.4) is 0 Å². The van der Waals surface area contributed by atoms with Gasteiger partial charge in [-0.1, -0.05) is 6.07 Å². The van der Waals surface area contributed by atoms with Gasteiger partial charge in [0.25, 0.3) is 0 Å². The fraction of sp³-hybridized carbons (Fsp3) is 0.500. The van der Waals surface area contributed by atoms with Crippen LogP contribution < -0.4 is 10.1 Å². The molecular formula is C12H18ClNO. The number of rotatable bonds is 4. The Kier molecular flexibility index (Phi) is 4.43. The number of alkyl halides is 1. The number of methoxy groups -OCH3 is 1.